The van der Waals surface area contributed by atoms with E-state index in [9.17, 15) is 9.59 Å². The number of aryl methyl sites for hydroxylation is 1. The number of likely N-dealkylation sites (tertiary alicyclic amines) is 1. The second kappa shape index (κ2) is 5.40. The number of H-pyrrole nitrogens is 1. The van der Waals surface area contributed by atoms with Crippen LogP contribution in [0.3, 0.4) is 0 Å². The SMILES string of the molecule is Cc1cc(=O)[nH]c(C2(C)CCCN2C(=O)c2ccccc2)n1. The first-order chi connectivity index (χ1) is 10.5. The topological polar surface area (TPSA) is 66.1 Å². The zero-order chi connectivity index (χ0) is 15.7. The van der Waals surface area contributed by atoms with E-state index >= 15 is 0 Å². The molecule has 1 unspecified atom stereocenters. The number of carbonyl (C=O) groups is 1. The smallest absolute Gasteiger partial charge is 0.254 e. The largest absolute Gasteiger partial charge is 0.326 e. The highest BCUT2D eigenvalue weighted by Crippen LogP contribution is 2.37. The maximum atomic E-state index is 12.8. The van der Waals surface area contributed by atoms with Crippen LogP contribution in [-0.2, 0) is 5.54 Å². The van der Waals surface area contributed by atoms with Crippen molar-refractivity contribution in [2.24, 2.45) is 0 Å². The second-order valence-corrected chi connectivity index (χ2v) is 5.94. The Hall–Kier alpha value is -2.43. The summed E-state index contributed by atoms with van der Waals surface area (Å²) in [5, 5.41) is 0. The fourth-order valence-corrected chi connectivity index (χ4v) is 3.11. The molecule has 1 atom stereocenters. The lowest BCUT2D eigenvalue weighted by molar-refractivity contribution is 0.0603. The van der Waals surface area contributed by atoms with Gasteiger partial charge in [-0.15, -0.1) is 0 Å². The summed E-state index contributed by atoms with van der Waals surface area (Å²) in [6, 6.07) is 10.7. The van der Waals surface area contributed by atoms with Crippen LogP contribution in [-0.4, -0.2) is 27.3 Å². The summed E-state index contributed by atoms with van der Waals surface area (Å²) in [7, 11) is 0. The number of carbonyl (C=O) groups excluding carboxylic acids is 1. The molecule has 2 aromatic rings. The molecule has 0 radical (unpaired) electrons. The number of aromatic amines is 1. The van der Waals surface area contributed by atoms with Gasteiger partial charge in [0.05, 0.1) is 5.54 Å². The van der Waals surface area contributed by atoms with Gasteiger partial charge >= 0.3 is 0 Å². The van der Waals surface area contributed by atoms with Crippen LogP contribution in [0, 0.1) is 6.92 Å². The third kappa shape index (κ3) is 2.43. The maximum absolute atomic E-state index is 12.8. The molecule has 0 bridgehead atoms. The fraction of sp³-hybridized carbons (Fsp3) is 0.353. The molecule has 5 heteroatoms. The molecular formula is C17H19N3O2. The standard InChI is InChI=1S/C17H19N3O2/c1-12-11-14(21)19-16(18-12)17(2)9-6-10-20(17)15(22)13-7-4-3-5-8-13/h3-5,7-8,11H,6,9-10H2,1-2H3,(H,18,19,21). The molecule has 1 fully saturated rings. The number of nitrogens with one attached hydrogen (secondary N) is 1. The first kappa shape index (κ1) is 14.5. The van der Waals surface area contributed by atoms with Gasteiger partial charge in [-0.1, -0.05) is 18.2 Å². The Kier molecular flexibility index (Phi) is 3.56. The maximum Gasteiger partial charge on any atom is 0.254 e. The van der Waals surface area contributed by atoms with Gasteiger partial charge in [-0.05, 0) is 38.8 Å². The molecule has 1 aromatic carbocycles. The summed E-state index contributed by atoms with van der Waals surface area (Å²) in [4.78, 5) is 33.7. The van der Waals surface area contributed by atoms with Gasteiger partial charge in [0.1, 0.15) is 5.82 Å². The summed E-state index contributed by atoms with van der Waals surface area (Å²) >= 11 is 0. The van der Waals surface area contributed by atoms with Crippen molar-refractivity contribution in [1.82, 2.24) is 14.9 Å². The van der Waals surface area contributed by atoms with E-state index in [0.717, 1.165) is 12.8 Å². The van der Waals surface area contributed by atoms with Crippen LogP contribution in [0.4, 0.5) is 0 Å². The Morgan fingerprint density at radius 1 is 1.32 bits per heavy atom. The van der Waals surface area contributed by atoms with Gasteiger partial charge in [-0.2, -0.15) is 0 Å². The van der Waals surface area contributed by atoms with Gasteiger partial charge in [0, 0.05) is 23.9 Å². The summed E-state index contributed by atoms with van der Waals surface area (Å²) in [6.45, 7) is 4.43. The number of amides is 1. The van der Waals surface area contributed by atoms with Crippen LogP contribution >= 0.6 is 0 Å². The Morgan fingerprint density at radius 3 is 2.73 bits per heavy atom. The molecule has 1 aliphatic heterocycles. The molecular weight excluding hydrogens is 278 g/mol. The third-order valence-electron chi connectivity index (χ3n) is 4.29. The van der Waals surface area contributed by atoms with Gasteiger partial charge in [0.25, 0.3) is 11.5 Å². The lowest BCUT2D eigenvalue weighted by Crippen LogP contribution is -2.44. The average Bonchev–Trinajstić information content (AvgIpc) is 2.90. The Bertz CT molecular complexity index is 754. The van der Waals surface area contributed by atoms with Crippen LogP contribution in [0.25, 0.3) is 0 Å². The summed E-state index contributed by atoms with van der Waals surface area (Å²) in [5.41, 5.74) is 0.574. The third-order valence-corrected chi connectivity index (χ3v) is 4.29. The lowest BCUT2D eigenvalue weighted by atomic mass is 9.96. The van der Waals surface area contributed by atoms with Gasteiger partial charge < -0.3 is 9.88 Å². The molecule has 1 aliphatic rings. The van der Waals surface area contributed by atoms with E-state index in [1.807, 2.05) is 42.2 Å². The van der Waals surface area contributed by atoms with Gasteiger partial charge in [-0.25, -0.2) is 4.98 Å². The zero-order valence-corrected chi connectivity index (χ0v) is 12.8. The molecule has 0 aliphatic carbocycles. The minimum Gasteiger partial charge on any atom is -0.326 e. The molecule has 22 heavy (non-hydrogen) atoms. The van der Waals surface area contributed by atoms with Crippen molar-refractivity contribution in [2.45, 2.75) is 32.2 Å². The van der Waals surface area contributed by atoms with E-state index in [1.54, 1.807) is 6.92 Å². The van der Waals surface area contributed by atoms with E-state index in [2.05, 4.69) is 9.97 Å². The van der Waals surface area contributed by atoms with E-state index < -0.39 is 5.54 Å². The van der Waals surface area contributed by atoms with Crippen molar-refractivity contribution < 1.29 is 4.79 Å². The zero-order valence-electron chi connectivity index (χ0n) is 12.8. The molecule has 5 nitrogen and oxygen atoms in total. The number of hydrogen-bond donors (Lipinski definition) is 1. The Morgan fingerprint density at radius 2 is 2.05 bits per heavy atom. The molecule has 1 amide bonds. The van der Waals surface area contributed by atoms with Gasteiger partial charge in [-0.3, -0.25) is 9.59 Å². The van der Waals surface area contributed by atoms with Crippen molar-refractivity contribution in [3.05, 3.63) is 63.8 Å². The molecule has 1 saturated heterocycles. The summed E-state index contributed by atoms with van der Waals surface area (Å²) in [6.07, 6.45) is 1.69. The van der Waals surface area contributed by atoms with E-state index in [0.29, 0.717) is 23.6 Å². The molecule has 114 valence electrons. The van der Waals surface area contributed by atoms with E-state index in [-0.39, 0.29) is 11.5 Å². The Labute approximate surface area is 129 Å². The van der Waals surface area contributed by atoms with Crippen molar-refractivity contribution >= 4 is 5.91 Å². The highest BCUT2D eigenvalue weighted by Gasteiger charge is 2.43. The number of hydrogen-bond acceptors (Lipinski definition) is 3. The predicted octanol–water partition coefficient (Wildman–Crippen LogP) is 2.23. The second-order valence-electron chi connectivity index (χ2n) is 5.94. The molecule has 0 spiro atoms. The van der Waals surface area contributed by atoms with E-state index in [1.165, 1.54) is 6.07 Å². The Balaban J connectivity index is 2.01. The monoisotopic (exact) mass is 297 g/mol. The lowest BCUT2D eigenvalue weighted by Gasteiger charge is -2.34. The molecule has 1 aromatic heterocycles. The van der Waals surface area contributed by atoms with Crippen molar-refractivity contribution in [3.8, 4) is 0 Å². The van der Waals surface area contributed by atoms with Crippen molar-refractivity contribution in [3.63, 3.8) is 0 Å². The molecule has 2 heterocycles. The highest BCUT2D eigenvalue weighted by molar-refractivity contribution is 5.94. The molecule has 3 rings (SSSR count). The number of rotatable bonds is 2. The minimum absolute atomic E-state index is 0.0234. The van der Waals surface area contributed by atoms with Crippen molar-refractivity contribution in [2.75, 3.05) is 6.54 Å². The van der Waals surface area contributed by atoms with Crippen LogP contribution < -0.4 is 5.56 Å². The summed E-state index contributed by atoms with van der Waals surface area (Å²) in [5.74, 6) is 0.545. The minimum atomic E-state index is -0.571. The first-order valence-corrected chi connectivity index (χ1v) is 7.46. The first-order valence-electron chi connectivity index (χ1n) is 7.46. The number of aromatic nitrogens is 2. The fourth-order valence-electron chi connectivity index (χ4n) is 3.11. The molecule has 1 N–H and O–H groups in total. The quantitative estimate of drug-likeness (QED) is 0.924. The van der Waals surface area contributed by atoms with Gasteiger partial charge in [0.15, 0.2) is 0 Å². The van der Waals surface area contributed by atoms with Crippen LogP contribution in [0.1, 0.15) is 41.6 Å². The predicted molar refractivity (Wildman–Crippen MR) is 83.7 cm³/mol. The van der Waals surface area contributed by atoms with Gasteiger partial charge in [0.2, 0.25) is 0 Å². The average molecular weight is 297 g/mol. The van der Waals surface area contributed by atoms with Crippen LogP contribution in [0.5, 0.6) is 0 Å². The normalized spacial score (nSPS) is 21.1. The van der Waals surface area contributed by atoms with E-state index in [4.69, 9.17) is 0 Å². The number of benzene rings is 1. The van der Waals surface area contributed by atoms with Crippen LogP contribution in [0.15, 0.2) is 41.2 Å². The van der Waals surface area contributed by atoms with Crippen LogP contribution in [0.2, 0.25) is 0 Å². The molecule has 0 saturated carbocycles. The number of nitrogens with zero attached hydrogens (tertiary/aromatic N) is 2. The summed E-state index contributed by atoms with van der Waals surface area (Å²) < 4.78 is 0. The highest BCUT2D eigenvalue weighted by atomic mass is 16.2. The van der Waals surface area contributed by atoms with Crippen molar-refractivity contribution in [1.29, 1.82) is 0 Å².